The van der Waals surface area contributed by atoms with Gasteiger partial charge < -0.3 is 24.6 Å². The number of dihydropyridines is 1. The van der Waals surface area contributed by atoms with Gasteiger partial charge in [0.2, 0.25) is 0 Å². The molecule has 0 radical (unpaired) electrons. The minimum absolute atomic E-state index is 0.00269. The van der Waals surface area contributed by atoms with Gasteiger partial charge in [-0.05, 0) is 43.4 Å². The Labute approximate surface area is 183 Å². The lowest BCUT2D eigenvalue weighted by Gasteiger charge is -2.39. The molecule has 0 spiro atoms. The van der Waals surface area contributed by atoms with Gasteiger partial charge in [0, 0.05) is 35.9 Å². The molecule has 0 fully saturated rings. The van der Waals surface area contributed by atoms with Crippen molar-refractivity contribution in [1.29, 1.82) is 0 Å². The van der Waals surface area contributed by atoms with Crippen molar-refractivity contribution in [3.05, 3.63) is 46.3 Å². The van der Waals surface area contributed by atoms with Crippen molar-refractivity contribution in [3.8, 4) is 11.5 Å². The first-order valence-corrected chi connectivity index (χ1v) is 10.5. The summed E-state index contributed by atoms with van der Waals surface area (Å²) in [5, 5.41) is 13.3. The lowest BCUT2D eigenvalue weighted by Crippen LogP contribution is -2.38. The summed E-state index contributed by atoms with van der Waals surface area (Å²) in [5.74, 6) is -0.821. The fourth-order valence-corrected chi connectivity index (χ4v) is 4.33. The molecule has 2 N–H and O–H groups in total. The fraction of sp³-hybridized carbons (Fsp3) is 0.500. The average Bonchev–Trinajstić information content (AvgIpc) is 2.69. The molecule has 0 unspecified atom stereocenters. The molecule has 31 heavy (non-hydrogen) atoms. The Hall–Kier alpha value is -2.80. The summed E-state index contributed by atoms with van der Waals surface area (Å²) in [6.07, 6.45) is 1.09. The highest BCUT2D eigenvalue weighted by Gasteiger charge is 2.43. The third-order valence-corrected chi connectivity index (χ3v) is 5.66. The molecule has 7 heteroatoms. The van der Waals surface area contributed by atoms with Crippen LogP contribution < -0.4 is 10.1 Å². The Kier molecular flexibility index (Phi) is 6.74. The zero-order valence-corrected chi connectivity index (χ0v) is 18.8. The largest absolute Gasteiger partial charge is 0.504 e. The predicted molar refractivity (Wildman–Crippen MR) is 116 cm³/mol. The van der Waals surface area contributed by atoms with Crippen LogP contribution in [-0.2, 0) is 19.1 Å². The molecule has 1 aliphatic carbocycles. The Bertz CT molecular complexity index is 943. The molecule has 7 nitrogen and oxygen atoms in total. The van der Waals surface area contributed by atoms with Gasteiger partial charge in [0.1, 0.15) is 6.61 Å². The molecular weight excluding hydrogens is 398 g/mol. The van der Waals surface area contributed by atoms with Gasteiger partial charge in [-0.25, -0.2) is 4.79 Å². The highest BCUT2D eigenvalue weighted by Crippen LogP contribution is 2.47. The quantitative estimate of drug-likeness (QED) is 0.505. The van der Waals surface area contributed by atoms with E-state index in [1.807, 2.05) is 13.8 Å². The highest BCUT2D eigenvalue weighted by molar-refractivity contribution is 6.04. The first-order chi connectivity index (χ1) is 14.7. The number of aromatic hydroxyl groups is 1. The van der Waals surface area contributed by atoms with Gasteiger partial charge in [-0.1, -0.05) is 19.9 Å². The maximum Gasteiger partial charge on any atom is 0.336 e. The van der Waals surface area contributed by atoms with Crippen molar-refractivity contribution in [2.24, 2.45) is 5.41 Å². The third-order valence-electron chi connectivity index (χ3n) is 5.66. The summed E-state index contributed by atoms with van der Waals surface area (Å²) in [4.78, 5) is 26.3. The van der Waals surface area contributed by atoms with Crippen molar-refractivity contribution in [2.75, 3.05) is 26.9 Å². The lowest BCUT2D eigenvalue weighted by molar-refractivity contribution is -0.140. The van der Waals surface area contributed by atoms with Crippen LogP contribution in [0.3, 0.4) is 0 Å². The fourth-order valence-electron chi connectivity index (χ4n) is 4.33. The number of allylic oxidation sites excluding steroid dienone is 3. The van der Waals surface area contributed by atoms with Crippen LogP contribution in [-0.4, -0.2) is 43.8 Å². The van der Waals surface area contributed by atoms with Crippen molar-refractivity contribution in [1.82, 2.24) is 5.32 Å². The topological polar surface area (TPSA) is 94.1 Å². The SMILES string of the molecule is CCOCCOC(=O)C1=C(C)NC2=C(C(=O)CC(C)(C)C2)[C@@H]1c1ccc(O)c(OC)c1. The van der Waals surface area contributed by atoms with E-state index in [-0.39, 0.29) is 29.3 Å². The van der Waals surface area contributed by atoms with Gasteiger partial charge in [-0.3, -0.25) is 4.79 Å². The van der Waals surface area contributed by atoms with E-state index in [0.29, 0.717) is 48.5 Å². The molecular formula is C24H31NO6. The van der Waals surface area contributed by atoms with Crippen LogP contribution in [0.5, 0.6) is 11.5 Å². The third kappa shape index (κ3) is 4.77. The summed E-state index contributed by atoms with van der Waals surface area (Å²) in [6.45, 7) is 8.79. The molecule has 2 aliphatic rings. The van der Waals surface area contributed by atoms with Crippen LogP contribution in [0, 0.1) is 5.41 Å². The summed E-state index contributed by atoms with van der Waals surface area (Å²) in [6, 6.07) is 4.90. The number of hydrogen-bond acceptors (Lipinski definition) is 7. The number of Topliss-reactive ketones (excluding diaryl/α,β-unsaturated/α-hetero) is 1. The number of phenols is 1. The summed E-state index contributed by atoms with van der Waals surface area (Å²) < 4.78 is 16.0. The molecule has 1 aromatic rings. The average molecular weight is 430 g/mol. The molecule has 168 valence electrons. The minimum Gasteiger partial charge on any atom is -0.504 e. The first kappa shape index (κ1) is 22.9. The molecule has 3 rings (SSSR count). The van der Waals surface area contributed by atoms with E-state index in [1.54, 1.807) is 12.1 Å². The van der Waals surface area contributed by atoms with Crippen molar-refractivity contribution in [3.63, 3.8) is 0 Å². The Morgan fingerprint density at radius 2 is 2.00 bits per heavy atom. The number of carbonyl (C=O) groups excluding carboxylic acids is 2. The smallest absolute Gasteiger partial charge is 0.336 e. The Morgan fingerprint density at radius 1 is 1.26 bits per heavy atom. The number of nitrogens with one attached hydrogen (secondary N) is 1. The molecule has 1 aromatic carbocycles. The van der Waals surface area contributed by atoms with E-state index in [1.165, 1.54) is 13.2 Å². The summed E-state index contributed by atoms with van der Waals surface area (Å²) >= 11 is 0. The van der Waals surface area contributed by atoms with Crippen LogP contribution in [0.2, 0.25) is 0 Å². The number of esters is 1. The number of carbonyl (C=O) groups is 2. The van der Waals surface area contributed by atoms with E-state index in [2.05, 4.69) is 19.2 Å². The van der Waals surface area contributed by atoms with Gasteiger partial charge in [-0.2, -0.15) is 0 Å². The molecule has 0 saturated heterocycles. The van der Waals surface area contributed by atoms with Crippen LogP contribution in [0.1, 0.15) is 52.0 Å². The van der Waals surface area contributed by atoms with Crippen LogP contribution >= 0.6 is 0 Å². The van der Waals surface area contributed by atoms with Crippen LogP contribution in [0.15, 0.2) is 40.7 Å². The second-order valence-corrected chi connectivity index (χ2v) is 8.69. The number of hydrogen-bond donors (Lipinski definition) is 2. The Morgan fingerprint density at radius 3 is 2.68 bits per heavy atom. The van der Waals surface area contributed by atoms with E-state index in [4.69, 9.17) is 14.2 Å². The maximum absolute atomic E-state index is 13.3. The van der Waals surface area contributed by atoms with Gasteiger partial charge in [0.25, 0.3) is 0 Å². The minimum atomic E-state index is -0.603. The lowest BCUT2D eigenvalue weighted by atomic mass is 9.68. The number of rotatable bonds is 7. The molecule has 0 amide bonds. The standard InChI is InChI=1S/C24H31NO6/c1-6-30-9-10-31-23(28)20-14(2)25-16-12-24(3,4)13-18(27)22(16)21(20)15-7-8-17(26)19(11-15)29-5/h7-8,11,21,25-26H,6,9-10,12-13H2,1-5H3/t21-/m1/s1. The monoisotopic (exact) mass is 429 g/mol. The van der Waals surface area contributed by atoms with Crippen LogP contribution in [0.4, 0.5) is 0 Å². The number of ketones is 1. The maximum atomic E-state index is 13.3. The van der Waals surface area contributed by atoms with Crippen molar-refractivity contribution in [2.45, 2.75) is 46.5 Å². The van der Waals surface area contributed by atoms with Gasteiger partial charge in [0.05, 0.1) is 19.3 Å². The van der Waals surface area contributed by atoms with E-state index < -0.39 is 11.9 Å². The van der Waals surface area contributed by atoms with Gasteiger partial charge in [-0.15, -0.1) is 0 Å². The zero-order valence-electron chi connectivity index (χ0n) is 18.8. The van der Waals surface area contributed by atoms with Gasteiger partial charge >= 0.3 is 5.97 Å². The predicted octanol–water partition coefficient (Wildman–Crippen LogP) is 3.58. The van der Waals surface area contributed by atoms with Crippen molar-refractivity contribution >= 4 is 11.8 Å². The molecule has 1 heterocycles. The van der Waals surface area contributed by atoms with E-state index in [0.717, 1.165) is 5.70 Å². The number of ether oxygens (including phenoxy) is 3. The molecule has 0 aromatic heterocycles. The Balaban J connectivity index is 2.07. The highest BCUT2D eigenvalue weighted by atomic mass is 16.6. The number of phenolic OH excluding ortho intramolecular Hbond substituents is 1. The second kappa shape index (κ2) is 9.14. The molecule has 1 atom stereocenters. The molecule has 1 aliphatic heterocycles. The normalized spacial score (nSPS) is 20.3. The van der Waals surface area contributed by atoms with Crippen LogP contribution in [0.25, 0.3) is 0 Å². The number of methoxy groups -OCH3 is 1. The number of benzene rings is 1. The first-order valence-electron chi connectivity index (χ1n) is 10.5. The summed E-state index contributed by atoms with van der Waals surface area (Å²) in [5.41, 5.74) is 2.97. The van der Waals surface area contributed by atoms with E-state index >= 15 is 0 Å². The second-order valence-electron chi connectivity index (χ2n) is 8.69. The molecule has 0 bridgehead atoms. The summed E-state index contributed by atoms with van der Waals surface area (Å²) in [7, 11) is 1.46. The zero-order chi connectivity index (χ0) is 22.8. The van der Waals surface area contributed by atoms with Gasteiger partial charge in [0.15, 0.2) is 17.3 Å². The van der Waals surface area contributed by atoms with E-state index in [9.17, 15) is 14.7 Å². The van der Waals surface area contributed by atoms with Crippen molar-refractivity contribution < 1.29 is 28.9 Å². The molecule has 0 saturated carbocycles.